The van der Waals surface area contributed by atoms with Gasteiger partial charge in [-0.05, 0) is 74.1 Å². The molecule has 172 valence electrons. The first-order valence-corrected chi connectivity index (χ1v) is 11.5. The van der Waals surface area contributed by atoms with E-state index in [1.807, 2.05) is 10.9 Å². The van der Waals surface area contributed by atoms with E-state index in [4.69, 9.17) is 0 Å². The molecule has 1 N–H and O–H groups in total. The van der Waals surface area contributed by atoms with Crippen molar-refractivity contribution in [1.82, 2.24) is 20.0 Å². The summed E-state index contributed by atoms with van der Waals surface area (Å²) in [6.07, 6.45) is 4.97. The average Bonchev–Trinajstić information content (AvgIpc) is 3.13. The first-order chi connectivity index (χ1) is 15.8. The summed E-state index contributed by atoms with van der Waals surface area (Å²) < 4.78 is 1.97. The molecule has 0 amide bonds. The molecule has 0 spiro atoms. The molecule has 3 aromatic rings. The van der Waals surface area contributed by atoms with Crippen LogP contribution >= 0.6 is 0 Å². The summed E-state index contributed by atoms with van der Waals surface area (Å²) >= 11 is 0. The molecule has 1 aromatic heterocycles. The molecule has 0 saturated carbocycles. The van der Waals surface area contributed by atoms with Crippen LogP contribution in [0.4, 0.5) is 0 Å². The van der Waals surface area contributed by atoms with E-state index in [0.717, 1.165) is 47.9 Å². The maximum Gasteiger partial charge on any atom is 0.128 e. The molecule has 0 saturated heterocycles. The van der Waals surface area contributed by atoms with Gasteiger partial charge in [-0.25, -0.2) is 4.68 Å². The second kappa shape index (κ2) is 10.9. The monoisotopic (exact) mass is 440 g/mol. The molecule has 3 rings (SSSR count). The second-order valence-corrected chi connectivity index (χ2v) is 8.71. The lowest BCUT2D eigenvalue weighted by Gasteiger charge is -2.23. The Labute approximate surface area is 199 Å². The van der Waals surface area contributed by atoms with Crippen molar-refractivity contribution < 1.29 is 0 Å². The zero-order valence-electron chi connectivity index (χ0n) is 20.7. The van der Waals surface area contributed by atoms with Crippen LogP contribution in [0.5, 0.6) is 0 Å². The van der Waals surface area contributed by atoms with Crippen LogP contribution in [0.3, 0.4) is 0 Å². The standard InChI is InChI=1S/C29H36N4/c1-21-12-10-14-27(18-21)26(6)32(7)17-11-16-30-29(33-25(5)24(4)20-31-33)19-23(3)28-15-9-8-13-22(28)2/h8-10,12-15,18-20,30H,3,6,11,16-17H2,1-2,4-5,7H3/b29-19-. The third-order valence-electron chi connectivity index (χ3n) is 6.07. The highest BCUT2D eigenvalue weighted by molar-refractivity contribution is 5.79. The quantitative estimate of drug-likeness (QED) is 0.300. The Hall–Kier alpha value is -3.53. The van der Waals surface area contributed by atoms with Crippen molar-refractivity contribution in [1.29, 1.82) is 0 Å². The Kier molecular flexibility index (Phi) is 7.94. The maximum absolute atomic E-state index is 4.60. The molecular formula is C29H36N4. The van der Waals surface area contributed by atoms with Crippen molar-refractivity contribution in [2.45, 2.75) is 34.1 Å². The van der Waals surface area contributed by atoms with Gasteiger partial charge >= 0.3 is 0 Å². The van der Waals surface area contributed by atoms with Gasteiger partial charge in [0.1, 0.15) is 5.82 Å². The van der Waals surface area contributed by atoms with E-state index >= 15 is 0 Å². The van der Waals surface area contributed by atoms with Crippen LogP contribution in [-0.4, -0.2) is 34.8 Å². The number of hydrogen-bond donors (Lipinski definition) is 1. The van der Waals surface area contributed by atoms with Crippen LogP contribution in [0.1, 0.15) is 39.9 Å². The SMILES string of the molecule is C=C(/C=C(/NCCCN(C)C(=C)c1cccc(C)c1)n1ncc(C)c1C)c1ccccc1C. The Morgan fingerprint density at radius 3 is 2.45 bits per heavy atom. The highest BCUT2D eigenvalue weighted by Crippen LogP contribution is 2.21. The van der Waals surface area contributed by atoms with Crippen LogP contribution in [0.2, 0.25) is 0 Å². The molecule has 0 bridgehead atoms. The lowest BCUT2D eigenvalue weighted by molar-refractivity contribution is 0.463. The molecule has 4 nitrogen and oxygen atoms in total. The number of aromatic nitrogens is 2. The van der Waals surface area contributed by atoms with Gasteiger partial charge in [0.2, 0.25) is 0 Å². The van der Waals surface area contributed by atoms with Crippen LogP contribution in [0.25, 0.3) is 17.1 Å². The minimum absolute atomic E-state index is 0.816. The van der Waals surface area contributed by atoms with Crippen LogP contribution in [-0.2, 0) is 0 Å². The van der Waals surface area contributed by atoms with E-state index in [0.29, 0.717) is 0 Å². The molecular weight excluding hydrogens is 404 g/mol. The normalized spacial score (nSPS) is 11.4. The summed E-state index contributed by atoms with van der Waals surface area (Å²) in [5, 5.41) is 8.19. The Morgan fingerprint density at radius 2 is 1.79 bits per heavy atom. The van der Waals surface area contributed by atoms with Crippen molar-refractivity contribution in [2.24, 2.45) is 0 Å². The fraction of sp³-hybridized carbons (Fsp3) is 0.276. The Bertz CT molecular complexity index is 1170. The van der Waals surface area contributed by atoms with E-state index in [1.165, 1.54) is 22.3 Å². The average molecular weight is 441 g/mol. The molecule has 0 aliphatic rings. The maximum atomic E-state index is 4.60. The van der Waals surface area contributed by atoms with E-state index < -0.39 is 0 Å². The van der Waals surface area contributed by atoms with Crippen LogP contribution in [0, 0.1) is 27.7 Å². The highest BCUT2D eigenvalue weighted by Gasteiger charge is 2.10. The smallest absolute Gasteiger partial charge is 0.128 e. The molecule has 1 heterocycles. The van der Waals surface area contributed by atoms with Gasteiger partial charge in [0.05, 0.1) is 6.20 Å². The first kappa shape index (κ1) is 24.1. The van der Waals surface area contributed by atoms with Crippen LogP contribution in [0.15, 0.2) is 74.0 Å². The Morgan fingerprint density at radius 1 is 1.03 bits per heavy atom. The van der Waals surface area contributed by atoms with Gasteiger partial charge in [-0.15, -0.1) is 0 Å². The molecule has 0 atom stereocenters. The molecule has 33 heavy (non-hydrogen) atoms. The van der Waals surface area contributed by atoms with E-state index in [1.54, 1.807) is 0 Å². The minimum atomic E-state index is 0.816. The molecule has 0 aliphatic carbocycles. The number of hydrogen-bond acceptors (Lipinski definition) is 3. The zero-order valence-corrected chi connectivity index (χ0v) is 20.7. The molecule has 0 fully saturated rings. The van der Waals surface area contributed by atoms with E-state index in [9.17, 15) is 0 Å². The van der Waals surface area contributed by atoms with Crippen LogP contribution < -0.4 is 5.32 Å². The summed E-state index contributed by atoms with van der Waals surface area (Å²) in [5.74, 6) is 0.939. The summed E-state index contributed by atoms with van der Waals surface area (Å²) in [4.78, 5) is 2.22. The second-order valence-electron chi connectivity index (χ2n) is 8.71. The Balaban J connectivity index is 1.68. The predicted octanol–water partition coefficient (Wildman–Crippen LogP) is 6.21. The van der Waals surface area contributed by atoms with Gasteiger partial charge in [-0.1, -0.05) is 61.2 Å². The number of allylic oxidation sites excluding steroid dienone is 2. The number of rotatable bonds is 10. The zero-order chi connectivity index (χ0) is 24.0. The van der Waals surface area contributed by atoms with E-state index in [2.05, 4.69) is 118 Å². The predicted molar refractivity (Wildman–Crippen MR) is 142 cm³/mol. The van der Waals surface area contributed by atoms with Gasteiger partial charge in [0, 0.05) is 31.5 Å². The van der Waals surface area contributed by atoms with Crippen molar-refractivity contribution in [3.63, 3.8) is 0 Å². The minimum Gasteiger partial charge on any atom is -0.375 e. The van der Waals surface area contributed by atoms with Gasteiger partial charge < -0.3 is 10.2 Å². The van der Waals surface area contributed by atoms with Crippen molar-refractivity contribution in [3.05, 3.63) is 107 Å². The van der Waals surface area contributed by atoms with Crippen molar-refractivity contribution in [2.75, 3.05) is 20.1 Å². The third kappa shape index (κ3) is 6.04. The van der Waals surface area contributed by atoms with Gasteiger partial charge in [-0.3, -0.25) is 0 Å². The lowest BCUT2D eigenvalue weighted by atomic mass is 10.0. The molecule has 0 aliphatic heterocycles. The topological polar surface area (TPSA) is 33.1 Å². The number of aryl methyl sites for hydroxylation is 3. The molecule has 2 aromatic carbocycles. The summed E-state index contributed by atoms with van der Waals surface area (Å²) in [7, 11) is 2.10. The fourth-order valence-electron chi connectivity index (χ4n) is 3.81. The number of benzene rings is 2. The highest BCUT2D eigenvalue weighted by atomic mass is 15.3. The largest absolute Gasteiger partial charge is 0.375 e. The van der Waals surface area contributed by atoms with Crippen molar-refractivity contribution in [3.8, 4) is 0 Å². The number of nitrogens with one attached hydrogen (secondary N) is 1. The lowest BCUT2D eigenvalue weighted by Crippen LogP contribution is -2.25. The van der Waals surface area contributed by atoms with Crippen molar-refractivity contribution >= 4 is 17.1 Å². The number of nitrogens with zero attached hydrogens (tertiary/aromatic N) is 3. The summed E-state index contributed by atoms with van der Waals surface area (Å²) in [6, 6.07) is 16.8. The fourth-order valence-corrected chi connectivity index (χ4v) is 3.81. The summed E-state index contributed by atoms with van der Waals surface area (Å²) in [5.41, 5.74) is 9.07. The first-order valence-electron chi connectivity index (χ1n) is 11.5. The van der Waals surface area contributed by atoms with Gasteiger partial charge in [0.15, 0.2) is 0 Å². The van der Waals surface area contributed by atoms with E-state index in [-0.39, 0.29) is 0 Å². The van der Waals surface area contributed by atoms with Gasteiger partial charge in [-0.2, -0.15) is 5.10 Å². The summed E-state index contributed by atoms with van der Waals surface area (Å²) in [6.45, 7) is 18.7. The van der Waals surface area contributed by atoms with Gasteiger partial charge in [0.25, 0.3) is 0 Å². The molecule has 0 radical (unpaired) electrons. The third-order valence-corrected chi connectivity index (χ3v) is 6.07. The molecule has 4 heteroatoms. The molecule has 0 unspecified atom stereocenters.